The number of likely N-dealkylation sites (tertiary alicyclic amines) is 1. The fraction of sp³-hybridized carbons (Fsp3) is 0.611. The molecule has 0 aromatic heterocycles. The molecular weight excluding hydrogens is 276 g/mol. The smallest absolute Gasteiger partial charge is 0.222 e. The van der Waals surface area contributed by atoms with Crippen LogP contribution in [0.2, 0.25) is 0 Å². The molecule has 1 saturated heterocycles. The zero-order chi connectivity index (χ0) is 16.1. The largest absolute Gasteiger partial charge is 0.494 e. The number of hydrogen-bond acceptors (Lipinski definition) is 3. The second-order valence-corrected chi connectivity index (χ2v) is 6.42. The van der Waals surface area contributed by atoms with E-state index in [0.29, 0.717) is 13.0 Å². The third-order valence-electron chi connectivity index (χ3n) is 4.52. The minimum absolute atomic E-state index is 0.225. The minimum Gasteiger partial charge on any atom is -0.494 e. The second kappa shape index (κ2) is 7.63. The Bertz CT molecular complexity index is 516. The number of rotatable bonds is 5. The molecule has 2 atom stereocenters. The van der Waals surface area contributed by atoms with Gasteiger partial charge in [-0.3, -0.25) is 4.79 Å². The monoisotopic (exact) mass is 304 g/mol. The number of hydrogen-bond donors (Lipinski definition) is 1. The normalized spacial score (nSPS) is 21.7. The van der Waals surface area contributed by atoms with Crippen LogP contribution in [-0.4, -0.2) is 36.0 Å². The summed E-state index contributed by atoms with van der Waals surface area (Å²) in [5.74, 6) is 1.11. The number of ether oxygens (including phenoxy) is 1. The first-order chi connectivity index (χ1) is 10.5. The highest BCUT2D eigenvalue weighted by atomic mass is 16.5. The van der Waals surface area contributed by atoms with E-state index in [-0.39, 0.29) is 18.0 Å². The van der Waals surface area contributed by atoms with Crippen molar-refractivity contribution in [3.63, 3.8) is 0 Å². The number of nitrogens with two attached hydrogens (primary N) is 1. The highest BCUT2D eigenvalue weighted by Crippen LogP contribution is 2.18. The molecule has 2 N–H and O–H groups in total. The second-order valence-electron chi connectivity index (χ2n) is 6.42. The summed E-state index contributed by atoms with van der Waals surface area (Å²) in [5.41, 5.74) is 8.43. The molecule has 1 fully saturated rings. The zero-order valence-corrected chi connectivity index (χ0v) is 14.0. The summed E-state index contributed by atoms with van der Waals surface area (Å²) < 4.78 is 5.73. The molecule has 1 amide bonds. The first-order valence-corrected chi connectivity index (χ1v) is 8.22. The van der Waals surface area contributed by atoms with Gasteiger partial charge < -0.3 is 15.4 Å². The molecular formula is C18H28N2O2. The Morgan fingerprint density at radius 2 is 2.14 bits per heavy atom. The Balaban J connectivity index is 1.72. The first-order valence-electron chi connectivity index (χ1n) is 8.22. The summed E-state index contributed by atoms with van der Waals surface area (Å²) in [6.45, 7) is 7.62. The van der Waals surface area contributed by atoms with Crippen LogP contribution in [0.15, 0.2) is 18.2 Å². The Morgan fingerprint density at radius 3 is 2.82 bits per heavy atom. The molecule has 0 saturated carbocycles. The van der Waals surface area contributed by atoms with Crippen LogP contribution in [0.5, 0.6) is 5.75 Å². The van der Waals surface area contributed by atoms with E-state index in [2.05, 4.69) is 26.8 Å². The van der Waals surface area contributed by atoms with Crippen molar-refractivity contribution in [3.05, 3.63) is 29.3 Å². The van der Waals surface area contributed by atoms with Gasteiger partial charge in [0.05, 0.1) is 6.61 Å². The standard InChI is InChI=1S/C18H28N2O2/c1-13-6-7-17(11-14(13)2)22-10-4-5-18(21)20-9-8-16(19)12-15(20)3/h6-7,11,15-16H,4-5,8-10,12,19H2,1-3H3/t15-,16+/m0/s1. The van der Waals surface area contributed by atoms with Gasteiger partial charge in [0.25, 0.3) is 0 Å². The van der Waals surface area contributed by atoms with Gasteiger partial charge in [-0.1, -0.05) is 6.07 Å². The Hall–Kier alpha value is -1.55. The van der Waals surface area contributed by atoms with Crippen LogP contribution in [0.25, 0.3) is 0 Å². The van der Waals surface area contributed by atoms with Crippen molar-refractivity contribution in [2.24, 2.45) is 5.73 Å². The lowest BCUT2D eigenvalue weighted by Gasteiger charge is -2.36. The summed E-state index contributed by atoms with van der Waals surface area (Å²) in [6.07, 6.45) is 3.12. The SMILES string of the molecule is Cc1ccc(OCCCC(=O)N2CC[C@@H](N)C[C@@H]2C)cc1C. The number of aryl methyl sites for hydroxylation is 2. The number of nitrogens with zero attached hydrogens (tertiary/aromatic N) is 1. The number of piperidine rings is 1. The van der Waals surface area contributed by atoms with Gasteiger partial charge >= 0.3 is 0 Å². The first kappa shape index (κ1) is 16.8. The number of carbonyl (C=O) groups is 1. The zero-order valence-electron chi connectivity index (χ0n) is 14.0. The average molecular weight is 304 g/mol. The Labute approximate surface area is 133 Å². The Kier molecular flexibility index (Phi) is 5.83. The van der Waals surface area contributed by atoms with Gasteiger partial charge in [0.15, 0.2) is 0 Å². The van der Waals surface area contributed by atoms with Gasteiger partial charge in [-0.15, -0.1) is 0 Å². The van der Waals surface area contributed by atoms with Crippen LogP contribution in [0.4, 0.5) is 0 Å². The fourth-order valence-electron chi connectivity index (χ4n) is 2.94. The van der Waals surface area contributed by atoms with E-state index in [4.69, 9.17) is 10.5 Å². The predicted octanol–water partition coefficient (Wildman–Crippen LogP) is 2.80. The lowest BCUT2D eigenvalue weighted by molar-refractivity contribution is -0.134. The van der Waals surface area contributed by atoms with Crippen LogP contribution in [0.3, 0.4) is 0 Å². The van der Waals surface area contributed by atoms with E-state index in [0.717, 1.165) is 31.6 Å². The molecule has 1 aliphatic heterocycles. The van der Waals surface area contributed by atoms with E-state index in [1.165, 1.54) is 11.1 Å². The van der Waals surface area contributed by atoms with E-state index in [1.807, 2.05) is 17.0 Å². The molecule has 0 radical (unpaired) electrons. The van der Waals surface area contributed by atoms with Crippen molar-refractivity contribution in [3.8, 4) is 5.75 Å². The number of benzene rings is 1. The molecule has 1 aromatic rings. The van der Waals surface area contributed by atoms with Crippen LogP contribution >= 0.6 is 0 Å². The summed E-state index contributed by atoms with van der Waals surface area (Å²) in [4.78, 5) is 14.2. The van der Waals surface area contributed by atoms with Gasteiger partial charge in [-0.05, 0) is 63.3 Å². The summed E-state index contributed by atoms with van der Waals surface area (Å²) in [7, 11) is 0. The van der Waals surface area contributed by atoms with Gasteiger partial charge in [0.2, 0.25) is 5.91 Å². The topological polar surface area (TPSA) is 55.6 Å². The third kappa shape index (κ3) is 4.47. The maximum atomic E-state index is 12.3. The van der Waals surface area contributed by atoms with Crippen molar-refractivity contribution >= 4 is 5.91 Å². The quantitative estimate of drug-likeness (QED) is 0.851. The van der Waals surface area contributed by atoms with E-state index >= 15 is 0 Å². The lowest BCUT2D eigenvalue weighted by Crippen LogP contribution is -2.48. The van der Waals surface area contributed by atoms with Crippen molar-refractivity contribution in [2.45, 2.75) is 58.5 Å². The molecule has 4 heteroatoms. The van der Waals surface area contributed by atoms with E-state index in [9.17, 15) is 4.79 Å². The number of carbonyl (C=O) groups excluding carboxylic acids is 1. The van der Waals surface area contributed by atoms with Crippen molar-refractivity contribution in [1.29, 1.82) is 0 Å². The minimum atomic E-state index is 0.225. The van der Waals surface area contributed by atoms with Gasteiger partial charge in [0.1, 0.15) is 5.75 Å². The van der Waals surface area contributed by atoms with Crippen molar-refractivity contribution in [2.75, 3.05) is 13.2 Å². The number of amides is 1. The molecule has 0 unspecified atom stereocenters. The van der Waals surface area contributed by atoms with Crippen LogP contribution < -0.4 is 10.5 Å². The molecule has 2 rings (SSSR count). The molecule has 1 aromatic carbocycles. The van der Waals surface area contributed by atoms with Crippen LogP contribution in [0.1, 0.15) is 43.7 Å². The summed E-state index contributed by atoms with van der Waals surface area (Å²) >= 11 is 0. The molecule has 22 heavy (non-hydrogen) atoms. The van der Waals surface area contributed by atoms with Gasteiger partial charge in [0, 0.05) is 25.0 Å². The molecule has 1 aliphatic rings. The third-order valence-corrected chi connectivity index (χ3v) is 4.52. The fourth-order valence-corrected chi connectivity index (χ4v) is 2.94. The van der Waals surface area contributed by atoms with Gasteiger partial charge in [-0.25, -0.2) is 0 Å². The predicted molar refractivity (Wildman–Crippen MR) is 89.0 cm³/mol. The summed E-state index contributed by atoms with van der Waals surface area (Å²) in [6, 6.07) is 6.60. The Morgan fingerprint density at radius 1 is 1.36 bits per heavy atom. The molecule has 4 nitrogen and oxygen atoms in total. The van der Waals surface area contributed by atoms with Crippen LogP contribution in [0, 0.1) is 13.8 Å². The highest BCUT2D eigenvalue weighted by Gasteiger charge is 2.26. The van der Waals surface area contributed by atoms with E-state index in [1.54, 1.807) is 0 Å². The molecule has 122 valence electrons. The average Bonchev–Trinajstić information content (AvgIpc) is 2.47. The van der Waals surface area contributed by atoms with E-state index < -0.39 is 0 Å². The highest BCUT2D eigenvalue weighted by molar-refractivity contribution is 5.76. The molecule has 1 heterocycles. The van der Waals surface area contributed by atoms with Gasteiger partial charge in [-0.2, -0.15) is 0 Å². The molecule has 0 spiro atoms. The molecule has 0 bridgehead atoms. The van der Waals surface area contributed by atoms with Crippen molar-refractivity contribution in [1.82, 2.24) is 4.90 Å². The molecule has 0 aliphatic carbocycles. The van der Waals surface area contributed by atoms with Crippen LogP contribution in [-0.2, 0) is 4.79 Å². The lowest BCUT2D eigenvalue weighted by atomic mass is 9.98. The maximum Gasteiger partial charge on any atom is 0.222 e. The summed E-state index contributed by atoms with van der Waals surface area (Å²) in [5, 5.41) is 0. The maximum absolute atomic E-state index is 12.3. The van der Waals surface area contributed by atoms with Crippen molar-refractivity contribution < 1.29 is 9.53 Å².